The van der Waals surface area contributed by atoms with Gasteiger partial charge in [-0.3, -0.25) is 4.79 Å². The molecule has 2 aromatic rings. The van der Waals surface area contributed by atoms with Gasteiger partial charge in [-0.15, -0.1) is 0 Å². The molecule has 3 bridgehead atoms. The number of carbonyl (C=O) groups is 1. The Kier molecular flexibility index (Phi) is 4.37. The summed E-state index contributed by atoms with van der Waals surface area (Å²) in [5, 5.41) is 8.10. The number of anilines is 1. The zero-order chi connectivity index (χ0) is 20.1. The summed E-state index contributed by atoms with van der Waals surface area (Å²) in [5.41, 5.74) is 2.04. The van der Waals surface area contributed by atoms with Gasteiger partial charge in [0.2, 0.25) is 0 Å². The molecule has 2 heterocycles. The first-order valence-corrected chi connectivity index (χ1v) is 11.5. The normalized spacial score (nSPS) is 32.4. The lowest BCUT2D eigenvalue weighted by atomic mass is 9.45. The molecule has 1 amide bonds. The number of hydrogen-bond donors (Lipinski definition) is 1. The van der Waals surface area contributed by atoms with Gasteiger partial charge < -0.3 is 15.0 Å². The number of carbonyl (C=O) groups excluding carboxylic acids is 1. The van der Waals surface area contributed by atoms with Crippen LogP contribution in [0.1, 0.15) is 48.9 Å². The lowest BCUT2D eigenvalue weighted by molar-refractivity contribution is -0.0940. The van der Waals surface area contributed by atoms with Crippen molar-refractivity contribution in [3.8, 4) is 5.69 Å². The average Bonchev–Trinajstić information content (AvgIpc) is 3.22. The van der Waals surface area contributed by atoms with Gasteiger partial charge in [-0.2, -0.15) is 5.10 Å². The Balaban J connectivity index is 1.30. The molecule has 0 radical (unpaired) electrons. The molecule has 6 nitrogen and oxygen atoms in total. The van der Waals surface area contributed by atoms with E-state index in [4.69, 9.17) is 4.74 Å². The van der Waals surface area contributed by atoms with Crippen LogP contribution in [0.2, 0.25) is 0 Å². The summed E-state index contributed by atoms with van der Waals surface area (Å²) in [7, 11) is 0. The number of nitrogens with zero attached hydrogens (tertiary/aromatic N) is 3. The van der Waals surface area contributed by atoms with E-state index in [2.05, 4.69) is 15.3 Å². The molecule has 1 aromatic heterocycles. The van der Waals surface area contributed by atoms with Gasteiger partial charge in [-0.05, 0) is 67.9 Å². The summed E-state index contributed by atoms with van der Waals surface area (Å²) < 4.78 is 7.47. The van der Waals surface area contributed by atoms with Crippen LogP contribution in [-0.2, 0) is 4.74 Å². The average molecular weight is 407 g/mol. The monoisotopic (exact) mass is 406 g/mol. The predicted octanol–water partition coefficient (Wildman–Crippen LogP) is 3.41. The lowest BCUT2D eigenvalue weighted by Crippen LogP contribution is -2.60. The van der Waals surface area contributed by atoms with Gasteiger partial charge in [0.25, 0.3) is 5.91 Å². The lowest BCUT2D eigenvalue weighted by Gasteiger charge is -2.62. The number of para-hydroxylation sites is 1. The van der Waals surface area contributed by atoms with E-state index in [-0.39, 0.29) is 5.91 Å². The Morgan fingerprint density at radius 3 is 2.63 bits per heavy atom. The number of benzene rings is 1. The van der Waals surface area contributed by atoms with E-state index in [1.54, 1.807) is 6.20 Å². The van der Waals surface area contributed by atoms with Gasteiger partial charge in [0.1, 0.15) is 11.4 Å². The Labute approximate surface area is 177 Å². The molecule has 1 aromatic carbocycles. The molecule has 5 fully saturated rings. The summed E-state index contributed by atoms with van der Waals surface area (Å²) >= 11 is 0. The number of hydrogen-bond acceptors (Lipinski definition) is 4. The van der Waals surface area contributed by atoms with Crippen molar-refractivity contribution >= 4 is 11.7 Å². The molecule has 4 aliphatic carbocycles. The van der Waals surface area contributed by atoms with Crippen LogP contribution in [0.5, 0.6) is 0 Å². The highest BCUT2D eigenvalue weighted by Crippen LogP contribution is 2.63. The molecule has 1 N–H and O–H groups in total. The summed E-state index contributed by atoms with van der Waals surface area (Å²) in [5.74, 6) is 2.73. The van der Waals surface area contributed by atoms with E-state index in [0.717, 1.165) is 42.9 Å². The van der Waals surface area contributed by atoms with E-state index < -0.39 is 0 Å². The first-order valence-electron chi connectivity index (χ1n) is 11.5. The van der Waals surface area contributed by atoms with Crippen molar-refractivity contribution in [3.63, 3.8) is 0 Å². The van der Waals surface area contributed by atoms with Crippen LogP contribution in [-0.4, -0.2) is 48.0 Å². The molecule has 5 aliphatic rings. The second-order valence-corrected chi connectivity index (χ2v) is 9.77. The third-order valence-electron chi connectivity index (χ3n) is 7.96. The molecule has 1 aliphatic heterocycles. The van der Waals surface area contributed by atoms with E-state index in [9.17, 15) is 4.79 Å². The summed E-state index contributed by atoms with van der Waals surface area (Å²) in [4.78, 5) is 15.8. The smallest absolute Gasteiger partial charge is 0.256 e. The zero-order valence-corrected chi connectivity index (χ0v) is 17.4. The number of morpholine rings is 1. The van der Waals surface area contributed by atoms with Crippen molar-refractivity contribution in [2.24, 2.45) is 17.3 Å². The first kappa shape index (κ1) is 18.4. The van der Waals surface area contributed by atoms with Crippen molar-refractivity contribution < 1.29 is 9.53 Å². The van der Waals surface area contributed by atoms with Gasteiger partial charge >= 0.3 is 0 Å². The highest BCUT2D eigenvalue weighted by molar-refractivity contribution is 5.99. The minimum absolute atomic E-state index is 0.0329. The maximum absolute atomic E-state index is 13.5. The van der Waals surface area contributed by atoms with Crippen molar-refractivity contribution in [2.45, 2.75) is 44.6 Å². The SMILES string of the molecule is O=C(NC1CCC2CC3CC1(C2)C3)c1cnn(-c2ccccc2)c1N1CCOCC1. The molecule has 30 heavy (non-hydrogen) atoms. The van der Waals surface area contributed by atoms with Crippen molar-refractivity contribution in [2.75, 3.05) is 31.2 Å². The Morgan fingerprint density at radius 2 is 1.83 bits per heavy atom. The largest absolute Gasteiger partial charge is 0.378 e. The van der Waals surface area contributed by atoms with Gasteiger partial charge in [0.15, 0.2) is 0 Å². The molecule has 1 saturated heterocycles. The molecule has 1 spiro atoms. The van der Waals surface area contributed by atoms with Crippen molar-refractivity contribution in [1.29, 1.82) is 0 Å². The third-order valence-corrected chi connectivity index (χ3v) is 7.96. The van der Waals surface area contributed by atoms with Crippen molar-refractivity contribution in [3.05, 3.63) is 42.1 Å². The summed E-state index contributed by atoms with van der Waals surface area (Å²) in [6.07, 6.45) is 9.51. The number of nitrogens with one attached hydrogen (secondary N) is 1. The van der Waals surface area contributed by atoms with Crippen LogP contribution in [0.4, 0.5) is 5.82 Å². The highest BCUT2D eigenvalue weighted by Gasteiger charge is 2.57. The maximum atomic E-state index is 13.5. The quantitative estimate of drug-likeness (QED) is 0.845. The number of ether oxygens (including phenoxy) is 1. The number of amides is 1. The fourth-order valence-electron chi connectivity index (χ4n) is 6.71. The zero-order valence-electron chi connectivity index (χ0n) is 17.4. The van der Waals surface area contributed by atoms with Crippen LogP contribution >= 0.6 is 0 Å². The van der Waals surface area contributed by atoms with Crippen LogP contribution in [0.3, 0.4) is 0 Å². The topological polar surface area (TPSA) is 59.4 Å². The van der Waals surface area contributed by atoms with E-state index in [0.29, 0.717) is 30.2 Å². The second-order valence-electron chi connectivity index (χ2n) is 9.77. The standard InChI is InChI=1S/C24H30N4O2/c29-22(26-21-7-6-17-12-18-14-24(21,13-17)15-18)20-16-25-28(19-4-2-1-3-5-19)23(20)27-8-10-30-11-9-27/h1-5,16-18,21H,6-15H2,(H,26,29). The molecule has 7 rings (SSSR count). The van der Waals surface area contributed by atoms with Crippen molar-refractivity contribution in [1.82, 2.24) is 15.1 Å². The number of rotatable bonds is 4. The fourth-order valence-corrected chi connectivity index (χ4v) is 6.71. The molecule has 158 valence electrons. The van der Waals surface area contributed by atoms with Crippen LogP contribution in [0, 0.1) is 17.3 Å². The molecule has 2 atom stereocenters. The molecule has 2 unspecified atom stereocenters. The minimum atomic E-state index is 0.0329. The minimum Gasteiger partial charge on any atom is -0.378 e. The second kappa shape index (κ2) is 7.12. The highest BCUT2D eigenvalue weighted by atomic mass is 16.5. The Hall–Kier alpha value is -2.34. The molecular formula is C24H30N4O2. The van der Waals surface area contributed by atoms with Gasteiger partial charge in [0.05, 0.1) is 25.1 Å². The Bertz CT molecular complexity index is 928. The van der Waals surface area contributed by atoms with E-state index >= 15 is 0 Å². The first-order chi connectivity index (χ1) is 14.7. The van der Waals surface area contributed by atoms with Gasteiger partial charge in [0, 0.05) is 19.1 Å². The summed E-state index contributed by atoms with van der Waals surface area (Å²) in [6.45, 7) is 2.90. The fraction of sp³-hybridized carbons (Fsp3) is 0.583. The van der Waals surface area contributed by atoms with Gasteiger partial charge in [-0.1, -0.05) is 18.2 Å². The number of aromatic nitrogens is 2. The van der Waals surface area contributed by atoms with E-state index in [1.165, 1.54) is 32.1 Å². The maximum Gasteiger partial charge on any atom is 0.256 e. The van der Waals surface area contributed by atoms with Gasteiger partial charge in [-0.25, -0.2) is 4.68 Å². The molecule has 4 saturated carbocycles. The summed E-state index contributed by atoms with van der Waals surface area (Å²) in [6, 6.07) is 10.4. The third kappa shape index (κ3) is 2.96. The molecule has 6 heteroatoms. The van der Waals surface area contributed by atoms with E-state index in [1.807, 2.05) is 35.0 Å². The predicted molar refractivity (Wildman–Crippen MR) is 115 cm³/mol. The Morgan fingerprint density at radius 1 is 1.07 bits per heavy atom. The van der Waals surface area contributed by atoms with Crippen LogP contribution in [0.15, 0.2) is 36.5 Å². The van der Waals surface area contributed by atoms with Crippen LogP contribution < -0.4 is 10.2 Å². The molecular weight excluding hydrogens is 376 g/mol. The van der Waals surface area contributed by atoms with Crippen LogP contribution in [0.25, 0.3) is 5.69 Å².